The van der Waals surface area contributed by atoms with Crippen molar-refractivity contribution in [2.45, 2.75) is 95.7 Å². The molecule has 0 saturated carbocycles. The number of amides is 1. The maximum Gasteiger partial charge on any atom is 0.320 e. The molecule has 4 saturated heterocycles. The van der Waals surface area contributed by atoms with E-state index in [1.54, 1.807) is 0 Å². The number of hydrogen-bond donors (Lipinski definition) is 4. The van der Waals surface area contributed by atoms with Gasteiger partial charge in [-0.25, -0.2) is 0 Å². The van der Waals surface area contributed by atoms with Crippen molar-refractivity contribution in [1.29, 1.82) is 0 Å². The summed E-state index contributed by atoms with van der Waals surface area (Å²) in [5.41, 5.74) is 5.38. The highest BCUT2D eigenvalue weighted by Crippen LogP contribution is 2.34. The zero-order chi connectivity index (χ0) is 40.1. The molecule has 1 amide bonds. The van der Waals surface area contributed by atoms with Crippen LogP contribution in [-0.4, -0.2) is 110 Å². The zero-order valence-electron chi connectivity index (χ0n) is 33.3. The molecule has 4 fully saturated rings. The summed E-state index contributed by atoms with van der Waals surface area (Å²) in [5, 5.41) is 25.8. The number of aliphatic hydroxyl groups excluding tert-OH is 1. The number of anilines is 2. The van der Waals surface area contributed by atoms with Crippen molar-refractivity contribution in [1.82, 2.24) is 15.5 Å². The molecule has 8 rings (SSSR count). The standard InChI is InChI=1S/C27H35N3O4.C12H15NO2.C5H9NO2/c1-19-6-9-21(10-7-19)30-14-4-5-23(30)27(32)28-22(18-29-12-2-3-13-29)26(31)20-8-11-24-25(17-20)34-16-15-33-24;1-10-4-6-11(7-5-10)13-8-2-3-12(13)15-9-14;7-5(8)4-2-1-3-6-4/h6-11,17,22-23,26,31H,2-5,12-16,18H2,1H3,(H,28,32);4-7,9,12H,2-3,8H2,1H3;4,6H,1-3H2,(H,7,8)/t22-,23?,26-;12-;4-/m101/s1. The van der Waals surface area contributed by atoms with Crippen molar-refractivity contribution in [3.63, 3.8) is 0 Å². The van der Waals surface area contributed by atoms with E-state index < -0.39 is 18.1 Å². The Labute approximate surface area is 336 Å². The smallest absolute Gasteiger partial charge is 0.320 e. The summed E-state index contributed by atoms with van der Waals surface area (Å²) >= 11 is 0. The third-order valence-corrected chi connectivity index (χ3v) is 11.3. The molecule has 3 aromatic carbocycles. The van der Waals surface area contributed by atoms with Gasteiger partial charge in [-0.2, -0.15) is 0 Å². The molecule has 0 aliphatic carbocycles. The number of fused-ring (bicyclic) bond motifs is 1. The van der Waals surface area contributed by atoms with Crippen molar-refractivity contribution < 1.29 is 38.8 Å². The Morgan fingerprint density at radius 2 is 1.46 bits per heavy atom. The number of nitrogens with zero attached hydrogens (tertiary/aromatic N) is 3. The molecule has 57 heavy (non-hydrogen) atoms. The van der Waals surface area contributed by atoms with Gasteiger partial charge in [0.05, 0.1) is 6.04 Å². The summed E-state index contributed by atoms with van der Waals surface area (Å²) in [4.78, 5) is 40.7. The molecule has 308 valence electrons. The van der Waals surface area contributed by atoms with Crippen LogP contribution in [0.25, 0.3) is 0 Å². The van der Waals surface area contributed by atoms with E-state index in [4.69, 9.17) is 19.3 Å². The number of aliphatic carboxylic acids is 1. The highest BCUT2D eigenvalue weighted by Gasteiger charge is 2.35. The minimum absolute atomic E-state index is 0.0149. The molecule has 0 radical (unpaired) electrons. The van der Waals surface area contributed by atoms with Crippen LogP contribution in [0.5, 0.6) is 11.5 Å². The van der Waals surface area contributed by atoms with Crippen LogP contribution >= 0.6 is 0 Å². The van der Waals surface area contributed by atoms with Gasteiger partial charge in [-0.05, 0) is 120 Å². The Morgan fingerprint density at radius 1 is 0.825 bits per heavy atom. The molecule has 1 unspecified atom stereocenters. The second-order valence-electron chi connectivity index (χ2n) is 15.5. The Hall–Kier alpha value is -4.85. The van der Waals surface area contributed by atoms with Crippen molar-refractivity contribution in [2.24, 2.45) is 0 Å². The first-order valence-electron chi connectivity index (χ1n) is 20.5. The van der Waals surface area contributed by atoms with Crippen molar-refractivity contribution >= 4 is 29.7 Å². The first kappa shape index (κ1) is 41.8. The van der Waals surface area contributed by atoms with E-state index in [0.29, 0.717) is 37.7 Å². The van der Waals surface area contributed by atoms with Gasteiger partial charge in [0.1, 0.15) is 31.4 Å². The van der Waals surface area contributed by atoms with Gasteiger partial charge in [0.15, 0.2) is 17.7 Å². The van der Waals surface area contributed by atoms with Gasteiger partial charge in [-0.3, -0.25) is 14.4 Å². The number of likely N-dealkylation sites (tertiary alicyclic amines) is 1. The maximum absolute atomic E-state index is 13.5. The molecule has 5 atom stereocenters. The number of carboxylic acid groups (broad SMARTS) is 1. The normalized spacial score (nSPS) is 22.4. The zero-order valence-corrected chi connectivity index (χ0v) is 33.3. The topological polar surface area (TPSA) is 153 Å². The Bertz CT molecular complexity index is 1750. The predicted molar refractivity (Wildman–Crippen MR) is 219 cm³/mol. The summed E-state index contributed by atoms with van der Waals surface area (Å²) in [5.74, 6) is 0.610. The van der Waals surface area contributed by atoms with Crippen LogP contribution in [0.4, 0.5) is 11.4 Å². The van der Waals surface area contributed by atoms with Crippen LogP contribution in [0.2, 0.25) is 0 Å². The molecule has 0 bridgehead atoms. The van der Waals surface area contributed by atoms with E-state index in [1.165, 1.54) is 11.1 Å². The first-order valence-corrected chi connectivity index (χ1v) is 20.5. The lowest BCUT2D eigenvalue weighted by atomic mass is 10.00. The lowest BCUT2D eigenvalue weighted by Crippen LogP contribution is -2.52. The van der Waals surface area contributed by atoms with E-state index in [1.807, 2.05) is 18.2 Å². The summed E-state index contributed by atoms with van der Waals surface area (Å²) in [6.07, 6.45) is 6.98. The van der Waals surface area contributed by atoms with Gasteiger partial charge in [-0.15, -0.1) is 0 Å². The average Bonchev–Trinajstić information content (AvgIpc) is 4.08. The van der Waals surface area contributed by atoms with Crippen LogP contribution < -0.4 is 29.9 Å². The number of ether oxygens (including phenoxy) is 3. The quantitative estimate of drug-likeness (QED) is 0.194. The second kappa shape index (κ2) is 20.5. The Balaban J connectivity index is 0.000000195. The lowest BCUT2D eigenvalue weighted by Gasteiger charge is -2.32. The first-order chi connectivity index (χ1) is 27.7. The molecule has 5 aliphatic rings. The van der Waals surface area contributed by atoms with Crippen molar-refractivity contribution in [3.05, 3.63) is 83.4 Å². The molecule has 3 aromatic rings. The number of carbonyl (C=O) groups is 3. The third kappa shape index (κ3) is 11.4. The second-order valence-corrected chi connectivity index (χ2v) is 15.5. The molecule has 13 nitrogen and oxygen atoms in total. The van der Waals surface area contributed by atoms with Crippen molar-refractivity contribution in [2.75, 3.05) is 62.3 Å². The average molecular weight is 786 g/mol. The third-order valence-electron chi connectivity index (χ3n) is 11.3. The summed E-state index contributed by atoms with van der Waals surface area (Å²) in [6.45, 7) is 11.0. The fraction of sp³-hybridized carbons (Fsp3) is 0.523. The minimum Gasteiger partial charge on any atom is -0.486 e. The van der Waals surface area contributed by atoms with Crippen LogP contribution in [-0.2, 0) is 19.1 Å². The fourth-order valence-electron chi connectivity index (χ4n) is 8.18. The van der Waals surface area contributed by atoms with Crippen LogP contribution in [0.3, 0.4) is 0 Å². The van der Waals surface area contributed by atoms with E-state index in [2.05, 4.69) is 87.7 Å². The highest BCUT2D eigenvalue weighted by molar-refractivity contribution is 5.86. The Morgan fingerprint density at radius 3 is 2.07 bits per heavy atom. The van der Waals surface area contributed by atoms with E-state index >= 15 is 0 Å². The van der Waals surface area contributed by atoms with E-state index in [0.717, 1.165) is 101 Å². The monoisotopic (exact) mass is 785 g/mol. The molecule has 0 aromatic heterocycles. The molecular weight excluding hydrogens is 727 g/mol. The molecule has 4 N–H and O–H groups in total. The van der Waals surface area contributed by atoms with Gasteiger partial charge < -0.3 is 49.8 Å². The Kier molecular flexibility index (Phi) is 15.0. The predicted octanol–water partition coefficient (Wildman–Crippen LogP) is 4.97. The number of aliphatic hydroxyl groups is 1. The maximum atomic E-state index is 13.5. The number of carboxylic acids is 1. The number of benzene rings is 3. The number of nitrogens with one attached hydrogen (secondary N) is 2. The van der Waals surface area contributed by atoms with Crippen LogP contribution in [0, 0.1) is 13.8 Å². The molecular formula is C44H59N5O8. The summed E-state index contributed by atoms with van der Waals surface area (Å²) < 4.78 is 16.4. The van der Waals surface area contributed by atoms with Gasteiger partial charge in [0.25, 0.3) is 6.47 Å². The van der Waals surface area contributed by atoms with Crippen LogP contribution in [0.1, 0.15) is 74.2 Å². The molecule has 0 spiro atoms. The number of aryl methyl sites for hydroxylation is 2. The van der Waals surface area contributed by atoms with Crippen LogP contribution in [0.15, 0.2) is 66.7 Å². The van der Waals surface area contributed by atoms with Gasteiger partial charge >= 0.3 is 5.97 Å². The largest absolute Gasteiger partial charge is 0.486 e. The van der Waals surface area contributed by atoms with E-state index in [9.17, 15) is 19.5 Å². The number of hydrogen-bond acceptors (Lipinski definition) is 11. The summed E-state index contributed by atoms with van der Waals surface area (Å²) in [6, 6.07) is 21.3. The van der Waals surface area contributed by atoms with Crippen molar-refractivity contribution in [3.8, 4) is 11.5 Å². The molecule has 5 heterocycles. The minimum atomic E-state index is -0.838. The van der Waals surface area contributed by atoms with Gasteiger partial charge in [0.2, 0.25) is 5.91 Å². The van der Waals surface area contributed by atoms with Gasteiger partial charge in [-0.1, -0.05) is 41.5 Å². The number of rotatable bonds is 11. The molecule has 5 aliphatic heterocycles. The van der Waals surface area contributed by atoms with E-state index in [-0.39, 0.29) is 24.2 Å². The molecule has 13 heteroatoms. The fourth-order valence-corrected chi connectivity index (χ4v) is 8.18. The SMILES string of the molecule is Cc1ccc(N2CCCC2C(=O)N[C@H](CN2CCCC2)[C@H](O)c2ccc3c(c2)OCCO3)cc1.Cc1ccc(N2CCC[C@@H]2OC=O)cc1.O=C(O)[C@H]1CCCN1. The lowest BCUT2D eigenvalue weighted by molar-refractivity contribution is -0.139. The highest BCUT2D eigenvalue weighted by atomic mass is 16.6. The number of carbonyl (C=O) groups excluding carboxylic acids is 2. The van der Waals surface area contributed by atoms with Gasteiger partial charge in [0, 0.05) is 37.4 Å². The summed E-state index contributed by atoms with van der Waals surface area (Å²) in [7, 11) is 0.